The minimum atomic E-state index is -4.04. The number of aromatic nitrogens is 1. The summed E-state index contributed by atoms with van der Waals surface area (Å²) in [6.45, 7) is 3.37. The molecule has 0 saturated carbocycles. The number of para-hydroxylation sites is 1. The number of methoxy groups -OCH3 is 1. The third-order valence-corrected chi connectivity index (χ3v) is 8.33. The number of oxazole rings is 1. The highest BCUT2D eigenvalue weighted by Gasteiger charge is 2.33. The summed E-state index contributed by atoms with van der Waals surface area (Å²) in [6.07, 6.45) is 0. The molecule has 1 fully saturated rings. The van der Waals surface area contributed by atoms with Crippen molar-refractivity contribution in [2.24, 2.45) is 0 Å². The molecule has 3 heterocycles. The number of sulfone groups is 1. The summed E-state index contributed by atoms with van der Waals surface area (Å²) in [6, 6.07) is 21.9. The maximum Gasteiger partial charge on any atom is 0.236 e. The lowest BCUT2D eigenvalue weighted by Gasteiger charge is -2.36. The van der Waals surface area contributed by atoms with Crippen molar-refractivity contribution in [2.45, 2.75) is 9.92 Å². The van der Waals surface area contributed by atoms with E-state index in [9.17, 15) is 8.42 Å². The molecule has 0 spiro atoms. The Kier molecular flexibility index (Phi) is 6.32. The van der Waals surface area contributed by atoms with Crippen molar-refractivity contribution in [3.63, 3.8) is 0 Å². The predicted molar refractivity (Wildman–Crippen MR) is 142 cm³/mol. The summed E-state index contributed by atoms with van der Waals surface area (Å²) in [4.78, 5) is 8.81. The topological polar surface area (TPSA) is 94.3 Å². The Bertz CT molecular complexity index is 1530. The fourth-order valence-corrected chi connectivity index (χ4v) is 5.98. The number of fused-ring (bicyclic) bond motifs is 1. The molecule has 2 aliphatic heterocycles. The van der Waals surface area contributed by atoms with Crippen LogP contribution >= 0.6 is 0 Å². The first-order valence-corrected chi connectivity index (χ1v) is 13.9. The van der Waals surface area contributed by atoms with Gasteiger partial charge in [-0.3, -0.25) is 0 Å². The van der Waals surface area contributed by atoms with Crippen molar-refractivity contribution in [1.82, 2.24) is 4.98 Å². The zero-order chi connectivity index (χ0) is 26.1. The summed E-state index contributed by atoms with van der Waals surface area (Å²) >= 11 is 0. The lowest BCUT2D eigenvalue weighted by Crippen LogP contribution is -2.46. The molecule has 0 N–H and O–H groups in total. The molecule has 6 rings (SSSR count). The average molecular weight is 534 g/mol. The highest BCUT2D eigenvalue weighted by Crippen LogP contribution is 2.39. The number of rotatable bonds is 6. The van der Waals surface area contributed by atoms with Gasteiger partial charge in [-0.25, -0.2) is 8.42 Å². The molecule has 0 atom stereocenters. The maximum atomic E-state index is 13.9. The zero-order valence-corrected chi connectivity index (χ0v) is 21.7. The lowest BCUT2D eigenvalue weighted by molar-refractivity contribution is 0.171. The van der Waals surface area contributed by atoms with Crippen LogP contribution in [0.4, 0.5) is 11.6 Å². The quantitative estimate of drug-likeness (QED) is 0.360. The Hall–Kier alpha value is -4.18. The van der Waals surface area contributed by atoms with Crippen LogP contribution in [-0.2, 0) is 9.84 Å². The molecule has 38 heavy (non-hydrogen) atoms. The summed E-state index contributed by atoms with van der Waals surface area (Å²) in [5.74, 6) is 2.06. The van der Waals surface area contributed by atoms with E-state index in [1.165, 1.54) is 12.1 Å². The van der Waals surface area contributed by atoms with Gasteiger partial charge in [0.2, 0.25) is 26.6 Å². The van der Waals surface area contributed by atoms with E-state index in [1.54, 1.807) is 37.4 Å². The molecule has 0 amide bonds. The number of ether oxygens (including phenoxy) is 3. The fraction of sp³-hybridized carbons (Fsp3) is 0.250. The highest BCUT2D eigenvalue weighted by molar-refractivity contribution is 7.91. The summed E-state index contributed by atoms with van der Waals surface area (Å²) < 4.78 is 50.5. The third kappa shape index (κ3) is 4.51. The minimum Gasteiger partial charge on any atom is -0.497 e. The minimum absolute atomic E-state index is 0.0699. The standard InChI is InChI=1S/C28H27N3O6S/c1-34-22-9-7-20(8-10-22)26-29-27(38(32,33)23-11-12-24-25(19-23)36-18-17-35-24)28(37-26)31-15-13-30(14-16-31)21-5-3-2-4-6-21/h2-12,19H,13-18H2,1H3. The van der Waals surface area contributed by atoms with Crippen molar-refractivity contribution in [2.75, 3.05) is 56.3 Å². The van der Waals surface area contributed by atoms with Crippen molar-refractivity contribution in [3.8, 4) is 28.7 Å². The van der Waals surface area contributed by atoms with E-state index in [-0.39, 0.29) is 21.7 Å². The lowest BCUT2D eigenvalue weighted by atomic mass is 10.2. The van der Waals surface area contributed by atoms with E-state index in [0.717, 1.165) is 5.69 Å². The Labute approximate surface area is 221 Å². The molecule has 0 unspecified atom stereocenters. The van der Waals surface area contributed by atoms with Crippen LogP contribution in [-0.4, -0.2) is 59.9 Å². The molecule has 1 aromatic heterocycles. The fourth-order valence-electron chi connectivity index (χ4n) is 4.64. The second-order valence-electron chi connectivity index (χ2n) is 8.98. The average Bonchev–Trinajstić information content (AvgIpc) is 3.44. The van der Waals surface area contributed by atoms with Gasteiger partial charge in [-0.1, -0.05) is 18.2 Å². The Morgan fingerprint density at radius 3 is 2.21 bits per heavy atom. The number of benzene rings is 3. The SMILES string of the molecule is COc1ccc(-c2nc(S(=O)(=O)c3ccc4c(c3)OCCO4)c(N3CCN(c4ccccc4)CC3)o2)cc1. The van der Waals surface area contributed by atoms with Crippen LogP contribution in [0.2, 0.25) is 0 Å². The normalized spacial score (nSPS) is 15.4. The Balaban J connectivity index is 1.37. The van der Waals surface area contributed by atoms with Crippen LogP contribution in [0, 0.1) is 0 Å². The summed E-state index contributed by atoms with van der Waals surface area (Å²) in [5, 5.41) is -0.117. The largest absolute Gasteiger partial charge is 0.497 e. The van der Waals surface area contributed by atoms with E-state index in [1.807, 2.05) is 23.1 Å². The van der Waals surface area contributed by atoms with Crippen LogP contribution in [0.15, 0.2) is 87.1 Å². The van der Waals surface area contributed by atoms with Crippen LogP contribution < -0.4 is 24.0 Å². The molecule has 2 aliphatic rings. The Morgan fingerprint density at radius 2 is 1.50 bits per heavy atom. The molecule has 4 aromatic rings. The van der Waals surface area contributed by atoms with Crippen molar-refractivity contribution >= 4 is 21.4 Å². The summed E-state index contributed by atoms with van der Waals surface area (Å²) in [5.41, 5.74) is 1.78. The van der Waals surface area contributed by atoms with Crippen molar-refractivity contribution in [1.29, 1.82) is 0 Å². The number of nitrogens with zero attached hydrogens (tertiary/aromatic N) is 3. The second kappa shape index (κ2) is 9.94. The first-order chi connectivity index (χ1) is 18.5. The molecule has 10 heteroatoms. The molecule has 0 bridgehead atoms. The monoisotopic (exact) mass is 533 g/mol. The van der Waals surface area contributed by atoms with Crippen LogP contribution in [0.25, 0.3) is 11.5 Å². The number of hydrogen-bond donors (Lipinski definition) is 0. The molecule has 196 valence electrons. The highest BCUT2D eigenvalue weighted by atomic mass is 32.2. The molecule has 0 aliphatic carbocycles. The molecular weight excluding hydrogens is 506 g/mol. The van der Waals surface area contributed by atoms with Crippen LogP contribution in [0.3, 0.4) is 0 Å². The van der Waals surface area contributed by atoms with Gasteiger partial charge in [0.05, 0.1) is 12.0 Å². The van der Waals surface area contributed by atoms with Gasteiger partial charge in [0.1, 0.15) is 19.0 Å². The predicted octanol–water partition coefficient (Wildman–Crippen LogP) is 4.28. The smallest absolute Gasteiger partial charge is 0.236 e. The van der Waals surface area contributed by atoms with Gasteiger partial charge in [0.15, 0.2) is 11.5 Å². The van der Waals surface area contributed by atoms with E-state index in [0.29, 0.717) is 62.2 Å². The van der Waals surface area contributed by atoms with Gasteiger partial charge in [0, 0.05) is 43.5 Å². The van der Waals surface area contributed by atoms with E-state index in [4.69, 9.17) is 18.6 Å². The molecule has 0 radical (unpaired) electrons. The molecule has 9 nitrogen and oxygen atoms in total. The molecular formula is C28H27N3O6S. The van der Waals surface area contributed by atoms with Gasteiger partial charge in [-0.2, -0.15) is 4.98 Å². The van der Waals surface area contributed by atoms with Gasteiger partial charge >= 0.3 is 0 Å². The number of piperazine rings is 1. The molecule has 1 saturated heterocycles. The van der Waals surface area contributed by atoms with Crippen LogP contribution in [0.1, 0.15) is 0 Å². The van der Waals surface area contributed by atoms with Gasteiger partial charge in [0.25, 0.3) is 0 Å². The third-order valence-electron chi connectivity index (χ3n) is 6.68. The second-order valence-corrected chi connectivity index (χ2v) is 10.8. The first kappa shape index (κ1) is 24.2. The maximum absolute atomic E-state index is 13.9. The van der Waals surface area contributed by atoms with Crippen LogP contribution in [0.5, 0.6) is 17.2 Å². The Morgan fingerprint density at radius 1 is 0.816 bits per heavy atom. The molecule has 3 aromatic carbocycles. The van der Waals surface area contributed by atoms with E-state index in [2.05, 4.69) is 22.0 Å². The van der Waals surface area contributed by atoms with Crippen molar-refractivity contribution in [3.05, 3.63) is 72.8 Å². The van der Waals surface area contributed by atoms with Gasteiger partial charge in [-0.15, -0.1) is 0 Å². The van der Waals surface area contributed by atoms with Gasteiger partial charge < -0.3 is 28.4 Å². The summed E-state index contributed by atoms with van der Waals surface area (Å²) in [7, 11) is -2.45. The zero-order valence-electron chi connectivity index (χ0n) is 20.9. The van der Waals surface area contributed by atoms with Crippen molar-refractivity contribution < 1.29 is 27.0 Å². The number of anilines is 2. The van der Waals surface area contributed by atoms with E-state index < -0.39 is 9.84 Å². The van der Waals surface area contributed by atoms with Gasteiger partial charge in [-0.05, 0) is 48.5 Å². The number of hydrogen-bond acceptors (Lipinski definition) is 9. The first-order valence-electron chi connectivity index (χ1n) is 12.4. The van der Waals surface area contributed by atoms with E-state index >= 15 is 0 Å².